The first-order valence-electron chi connectivity index (χ1n) is 7.17. The number of hydrogen-bond acceptors (Lipinski definition) is 6. The van der Waals surface area contributed by atoms with Crippen LogP contribution in [0.4, 0.5) is 11.5 Å². The molecule has 0 unspecified atom stereocenters. The number of ether oxygens (including phenoxy) is 2. The van der Waals surface area contributed by atoms with Gasteiger partial charge in [0, 0.05) is 18.3 Å². The van der Waals surface area contributed by atoms with Crippen LogP contribution in [0.1, 0.15) is 5.56 Å². The maximum atomic E-state index is 5.75. The number of nitrogens with zero attached hydrogens (tertiary/aromatic N) is 3. The predicted molar refractivity (Wildman–Crippen MR) is 95.1 cm³/mol. The molecular formula is C17H15BrN4O2. The van der Waals surface area contributed by atoms with Crippen molar-refractivity contribution in [3.63, 3.8) is 0 Å². The van der Waals surface area contributed by atoms with E-state index in [4.69, 9.17) is 9.47 Å². The van der Waals surface area contributed by atoms with Crippen LogP contribution >= 0.6 is 15.9 Å². The Morgan fingerprint density at radius 2 is 1.96 bits per heavy atom. The maximum absolute atomic E-state index is 5.75. The van der Waals surface area contributed by atoms with Crippen LogP contribution < -0.4 is 14.8 Å². The van der Waals surface area contributed by atoms with E-state index in [0.29, 0.717) is 17.4 Å². The van der Waals surface area contributed by atoms with Crippen molar-refractivity contribution >= 4 is 27.4 Å². The van der Waals surface area contributed by atoms with Gasteiger partial charge in [-0.2, -0.15) is 0 Å². The molecule has 0 saturated heterocycles. The zero-order chi connectivity index (χ0) is 16.9. The Labute approximate surface area is 148 Å². The molecule has 1 aromatic carbocycles. The fraction of sp³-hybridized carbons (Fsp3) is 0.118. The number of pyridine rings is 1. The molecule has 2 aromatic heterocycles. The van der Waals surface area contributed by atoms with Gasteiger partial charge in [0.15, 0.2) is 0 Å². The largest absolute Gasteiger partial charge is 0.496 e. The molecule has 7 heteroatoms. The molecule has 0 radical (unpaired) electrons. The van der Waals surface area contributed by atoms with Crippen LogP contribution in [0.25, 0.3) is 0 Å². The van der Waals surface area contributed by atoms with Gasteiger partial charge in [-0.05, 0) is 40.5 Å². The molecule has 0 fully saturated rings. The molecule has 0 amide bonds. The van der Waals surface area contributed by atoms with Gasteiger partial charge in [0.25, 0.3) is 0 Å². The molecule has 0 bridgehead atoms. The van der Waals surface area contributed by atoms with Gasteiger partial charge < -0.3 is 14.8 Å². The fourth-order valence-corrected chi connectivity index (χ4v) is 2.36. The van der Waals surface area contributed by atoms with E-state index in [9.17, 15) is 0 Å². The Kier molecular flexibility index (Phi) is 4.90. The van der Waals surface area contributed by atoms with E-state index in [1.165, 1.54) is 6.33 Å². The molecule has 3 rings (SSSR count). The molecule has 3 aromatic rings. The van der Waals surface area contributed by atoms with E-state index in [0.717, 1.165) is 21.5 Å². The third-order valence-corrected chi connectivity index (χ3v) is 3.85. The van der Waals surface area contributed by atoms with E-state index < -0.39 is 0 Å². The number of anilines is 2. The third kappa shape index (κ3) is 3.80. The number of nitrogens with one attached hydrogen (secondary N) is 1. The highest BCUT2D eigenvalue weighted by Gasteiger charge is 2.05. The lowest BCUT2D eigenvalue weighted by Gasteiger charge is -2.10. The molecule has 2 heterocycles. The average Bonchev–Trinajstić information content (AvgIpc) is 2.60. The van der Waals surface area contributed by atoms with Crippen LogP contribution in [-0.2, 0) is 0 Å². The first-order valence-corrected chi connectivity index (χ1v) is 7.96. The Balaban J connectivity index is 1.72. The van der Waals surface area contributed by atoms with Gasteiger partial charge in [-0.1, -0.05) is 6.07 Å². The topological polar surface area (TPSA) is 69.2 Å². The lowest BCUT2D eigenvalue weighted by Crippen LogP contribution is -1.96. The normalized spacial score (nSPS) is 10.3. The molecule has 0 aliphatic carbocycles. The summed E-state index contributed by atoms with van der Waals surface area (Å²) in [4.78, 5) is 12.4. The van der Waals surface area contributed by atoms with Crippen molar-refractivity contribution in [1.29, 1.82) is 0 Å². The van der Waals surface area contributed by atoms with Crippen LogP contribution in [0, 0.1) is 6.92 Å². The van der Waals surface area contributed by atoms with Crippen molar-refractivity contribution in [2.75, 3.05) is 12.4 Å². The van der Waals surface area contributed by atoms with Crippen LogP contribution in [0.5, 0.6) is 17.4 Å². The van der Waals surface area contributed by atoms with Crippen LogP contribution in [-0.4, -0.2) is 22.1 Å². The molecule has 0 spiro atoms. The Morgan fingerprint density at radius 3 is 2.67 bits per heavy atom. The number of methoxy groups -OCH3 is 1. The molecule has 1 N–H and O–H groups in total. The molecular weight excluding hydrogens is 372 g/mol. The second kappa shape index (κ2) is 7.27. The monoisotopic (exact) mass is 386 g/mol. The number of benzene rings is 1. The summed E-state index contributed by atoms with van der Waals surface area (Å²) in [5.41, 5.74) is 1.84. The number of hydrogen-bond donors (Lipinski definition) is 1. The van der Waals surface area contributed by atoms with Gasteiger partial charge in [0.2, 0.25) is 5.88 Å². The highest BCUT2D eigenvalue weighted by Crippen LogP contribution is 2.28. The Hall–Kier alpha value is -2.67. The summed E-state index contributed by atoms with van der Waals surface area (Å²) in [5, 5.41) is 3.15. The third-order valence-electron chi connectivity index (χ3n) is 3.27. The van der Waals surface area contributed by atoms with E-state index in [1.54, 1.807) is 25.6 Å². The van der Waals surface area contributed by atoms with E-state index >= 15 is 0 Å². The van der Waals surface area contributed by atoms with Gasteiger partial charge in [0.05, 0.1) is 23.5 Å². The van der Waals surface area contributed by atoms with Crippen molar-refractivity contribution in [3.8, 4) is 17.4 Å². The van der Waals surface area contributed by atoms with E-state index in [-0.39, 0.29) is 0 Å². The van der Waals surface area contributed by atoms with Crippen molar-refractivity contribution in [1.82, 2.24) is 15.0 Å². The number of halogens is 1. The molecule has 122 valence electrons. The zero-order valence-corrected chi connectivity index (χ0v) is 14.7. The summed E-state index contributed by atoms with van der Waals surface area (Å²) in [6.45, 7) is 1.98. The fourth-order valence-electron chi connectivity index (χ4n) is 2.04. The Morgan fingerprint density at radius 1 is 1.08 bits per heavy atom. The summed E-state index contributed by atoms with van der Waals surface area (Å²) in [7, 11) is 1.64. The standard InChI is InChI=1S/C17H15BrN4O2/c1-11-3-5-13(7-15(11)23-2)24-16-6-4-12(8-20-16)22-17-14(18)9-19-10-21-17/h3-10H,1-2H3,(H,19,21,22). The molecule has 6 nitrogen and oxygen atoms in total. The zero-order valence-electron chi connectivity index (χ0n) is 13.2. The minimum absolute atomic E-state index is 0.494. The van der Waals surface area contributed by atoms with Crippen LogP contribution in [0.2, 0.25) is 0 Å². The van der Waals surface area contributed by atoms with Crippen molar-refractivity contribution < 1.29 is 9.47 Å². The number of rotatable bonds is 5. The lowest BCUT2D eigenvalue weighted by molar-refractivity contribution is 0.404. The second-order valence-electron chi connectivity index (χ2n) is 4.96. The minimum Gasteiger partial charge on any atom is -0.496 e. The summed E-state index contributed by atoms with van der Waals surface area (Å²) < 4.78 is 11.8. The van der Waals surface area contributed by atoms with Crippen molar-refractivity contribution in [3.05, 3.63) is 59.1 Å². The van der Waals surface area contributed by atoms with Crippen molar-refractivity contribution in [2.24, 2.45) is 0 Å². The lowest BCUT2D eigenvalue weighted by atomic mass is 10.2. The van der Waals surface area contributed by atoms with E-state index in [1.807, 2.05) is 31.2 Å². The van der Waals surface area contributed by atoms with Crippen molar-refractivity contribution in [2.45, 2.75) is 6.92 Å². The van der Waals surface area contributed by atoms with Crippen LogP contribution in [0.3, 0.4) is 0 Å². The first-order chi connectivity index (χ1) is 11.7. The maximum Gasteiger partial charge on any atom is 0.219 e. The smallest absolute Gasteiger partial charge is 0.219 e. The summed E-state index contributed by atoms with van der Waals surface area (Å²) in [5.74, 6) is 2.61. The number of aromatic nitrogens is 3. The van der Waals surface area contributed by atoms with E-state index in [2.05, 4.69) is 36.2 Å². The minimum atomic E-state index is 0.494. The highest BCUT2D eigenvalue weighted by atomic mass is 79.9. The van der Waals surface area contributed by atoms with Crippen LogP contribution in [0.15, 0.2) is 53.5 Å². The van der Waals surface area contributed by atoms with Gasteiger partial charge >= 0.3 is 0 Å². The summed E-state index contributed by atoms with van der Waals surface area (Å²) >= 11 is 3.39. The van der Waals surface area contributed by atoms with Gasteiger partial charge in [-0.3, -0.25) is 0 Å². The molecule has 0 aliphatic rings. The van der Waals surface area contributed by atoms with Gasteiger partial charge in [-0.25, -0.2) is 15.0 Å². The molecule has 0 saturated carbocycles. The average molecular weight is 387 g/mol. The first kappa shape index (κ1) is 16.2. The summed E-state index contributed by atoms with van der Waals surface area (Å²) in [6, 6.07) is 9.30. The SMILES string of the molecule is COc1cc(Oc2ccc(Nc3ncncc3Br)cn2)ccc1C. The highest BCUT2D eigenvalue weighted by molar-refractivity contribution is 9.10. The van der Waals surface area contributed by atoms with Gasteiger partial charge in [0.1, 0.15) is 23.6 Å². The quantitative estimate of drug-likeness (QED) is 0.696. The predicted octanol–water partition coefficient (Wildman–Crippen LogP) is 4.49. The summed E-state index contributed by atoms with van der Waals surface area (Å²) in [6.07, 6.45) is 4.82. The number of aryl methyl sites for hydroxylation is 1. The molecule has 24 heavy (non-hydrogen) atoms. The van der Waals surface area contributed by atoms with Gasteiger partial charge in [-0.15, -0.1) is 0 Å². The second-order valence-corrected chi connectivity index (χ2v) is 5.82. The Bertz CT molecular complexity index is 840. The molecule has 0 aliphatic heterocycles. The molecule has 0 atom stereocenters.